The van der Waals surface area contributed by atoms with Gasteiger partial charge < -0.3 is 10.5 Å². The number of sulfone groups is 1. The molecule has 1 aromatic heterocycles. The van der Waals surface area contributed by atoms with Crippen LogP contribution in [0.2, 0.25) is 0 Å². The minimum Gasteiger partial charge on any atom is -0.487 e. The summed E-state index contributed by atoms with van der Waals surface area (Å²) in [6.07, 6.45) is 1.16. The third-order valence-electron chi connectivity index (χ3n) is 2.45. The number of rotatable bonds is 4. The molecule has 2 rings (SSSR count). The first-order valence-electron chi connectivity index (χ1n) is 5.59. The van der Waals surface area contributed by atoms with Gasteiger partial charge >= 0.3 is 0 Å². The van der Waals surface area contributed by atoms with Gasteiger partial charge in [0.25, 0.3) is 0 Å². The van der Waals surface area contributed by atoms with Gasteiger partial charge in [-0.15, -0.1) is 0 Å². The number of nitrogens with two attached hydrogens (primary N) is 1. The Bertz CT molecular complexity index is 684. The molecular formula is C13H14N2O3S. The van der Waals surface area contributed by atoms with Crippen LogP contribution in [0.4, 0.5) is 5.82 Å². The fourth-order valence-electron chi connectivity index (χ4n) is 1.53. The van der Waals surface area contributed by atoms with Crippen molar-refractivity contribution in [3.05, 3.63) is 48.2 Å². The first kappa shape index (κ1) is 13.4. The van der Waals surface area contributed by atoms with Crippen LogP contribution in [0, 0.1) is 0 Å². The van der Waals surface area contributed by atoms with E-state index in [1.54, 1.807) is 30.3 Å². The number of benzene rings is 1. The van der Waals surface area contributed by atoms with Gasteiger partial charge in [0, 0.05) is 6.26 Å². The Hall–Kier alpha value is -2.08. The summed E-state index contributed by atoms with van der Waals surface area (Å²) in [6, 6.07) is 11.6. The van der Waals surface area contributed by atoms with E-state index < -0.39 is 9.84 Å². The van der Waals surface area contributed by atoms with E-state index in [1.807, 2.05) is 0 Å². The van der Waals surface area contributed by atoms with Crippen molar-refractivity contribution in [1.29, 1.82) is 0 Å². The van der Waals surface area contributed by atoms with Crippen LogP contribution >= 0.6 is 0 Å². The second-order valence-corrected chi connectivity index (χ2v) is 6.11. The normalized spacial score (nSPS) is 11.2. The average molecular weight is 278 g/mol. The average Bonchev–Trinajstić information content (AvgIpc) is 2.36. The third-order valence-corrected chi connectivity index (χ3v) is 3.56. The predicted molar refractivity (Wildman–Crippen MR) is 72.5 cm³/mol. The number of hydrogen-bond acceptors (Lipinski definition) is 5. The minimum absolute atomic E-state index is 0.227. The van der Waals surface area contributed by atoms with E-state index in [4.69, 9.17) is 10.5 Å². The van der Waals surface area contributed by atoms with E-state index in [0.29, 0.717) is 17.3 Å². The van der Waals surface area contributed by atoms with Crippen molar-refractivity contribution in [1.82, 2.24) is 4.98 Å². The smallest absolute Gasteiger partial charge is 0.175 e. The summed E-state index contributed by atoms with van der Waals surface area (Å²) < 4.78 is 28.3. The molecule has 0 saturated heterocycles. The highest BCUT2D eigenvalue weighted by Crippen LogP contribution is 2.18. The number of anilines is 1. The molecule has 1 heterocycles. The molecule has 0 amide bonds. The molecule has 6 heteroatoms. The van der Waals surface area contributed by atoms with Crippen LogP contribution in [-0.2, 0) is 16.4 Å². The van der Waals surface area contributed by atoms with Gasteiger partial charge in [-0.2, -0.15) is 0 Å². The molecule has 19 heavy (non-hydrogen) atoms. The van der Waals surface area contributed by atoms with Crippen molar-refractivity contribution in [2.45, 2.75) is 11.5 Å². The Kier molecular flexibility index (Phi) is 3.71. The topological polar surface area (TPSA) is 82.3 Å². The third kappa shape index (κ3) is 3.69. The first-order chi connectivity index (χ1) is 8.95. The Morgan fingerprint density at radius 3 is 2.63 bits per heavy atom. The van der Waals surface area contributed by atoms with Crippen LogP contribution in [0.15, 0.2) is 47.4 Å². The highest BCUT2D eigenvalue weighted by atomic mass is 32.2. The Balaban J connectivity index is 2.12. The zero-order chi connectivity index (χ0) is 13.9. The van der Waals surface area contributed by atoms with E-state index >= 15 is 0 Å². The summed E-state index contributed by atoms with van der Waals surface area (Å²) in [5.41, 5.74) is 6.25. The zero-order valence-electron chi connectivity index (χ0n) is 10.4. The Morgan fingerprint density at radius 2 is 1.95 bits per heavy atom. The lowest BCUT2D eigenvalue weighted by Crippen LogP contribution is -2.02. The molecule has 5 nitrogen and oxygen atoms in total. The van der Waals surface area contributed by atoms with Crippen molar-refractivity contribution >= 4 is 15.7 Å². The molecule has 1 aromatic carbocycles. The zero-order valence-corrected chi connectivity index (χ0v) is 11.2. The summed E-state index contributed by atoms with van der Waals surface area (Å²) in [4.78, 5) is 4.32. The monoisotopic (exact) mass is 278 g/mol. The summed E-state index contributed by atoms with van der Waals surface area (Å²) in [7, 11) is -3.23. The van der Waals surface area contributed by atoms with Crippen LogP contribution in [0.3, 0.4) is 0 Å². The molecule has 2 aromatic rings. The Labute approximate surface area is 112 Å². The summed E-state index contributed by atoms with van der Waals surface area (Å²) in [6.45, 7) is 0.234. The lowest BCUT2D eigenvalue weighted by atomic mass is 10.3. The summed E-state index contributed by atoms with van der Waals surface area (Å²) >= 11 is 0. The quantitative estimate of drug-likeness (QED) is 0.919. The number of pyridine rings is 1. The van der Waals surface area contributed by atoms with E-state index in [2.05, 4.69) is 4.98 Å². The highest BCUT2D eigenvalue weighted by molar-refractivity contribution is 7.90. The highest BCUT2D eigenvalue weighted by Gasteiger charge is 2.08. The lowest BCUT2D eigenvalue weighted by molar-refractivity contribution is 0.300. The van der Waals surface area contributed by atoms with E-state index in [9.17, 15) is 8.42 Å². The number of hydrogen-bond donors (Lipinski definition) is 1. The Morgan fingerprint density at radius 1 is 1.21 bits per heavy atom. The number of nitrogens with zero attached hydrogens (tertiary/aromatic N) is 1. The van der Waals surface area contributed by atoms with Gasteiger partial charge in [-0.1, -0.05) is 12.1 Å². The number of nitrogen functional groups attached to an aromatic ring is 1. The SMILES string of the molecule is CS(=O)(=O)c1cccc(OCc2cccc(N)n2)c1. The molecule has 0 saturated carbocycles. The molecule has 0 bridgehead atoms. The van der Waals surface area contributed by atoms with Gasteiger partial charge in [0.2, 0.25) is 0 Å². The van der Waals surface area contributed by atoms with Crippen molar-refractivity contribution in [3.8, 4) is 5.75 Å². The fourth-order valence-corrected chi connectivity index (χ4v) is 2.19. The molecule has 2 N–H and O–H groups in total. The van der Waals surface area contributed by atoms with Crippen LogP contribution in [-0.4, -0.2) is 19.7 Å². The largest absolute Gasteiger partial charge is 0.487 e. The maximum atomic E-state index is 11.4. The van der Waals surface area contributed by atoms with E-state index in [0.717, 1.165) is 6.26 Å². The van der Waals surface area contributed by atoms with Crippen LogP contribution in [0.25, 0.3) is 0 Å². The van der Waals surface area contributed by atoms with Crippen LogP contribution < -0.4 is 10.5 Å². The van der Waals surface area contributed by atoms with Crippen molar-refractivity contribution < 1.29 is 13.2 Å². The molecule has 0 fully saturated rings. The van der Waals surface area contributed by atoms with Crippen LogP contribution in [0.5, 0.6) is 5.75 Å². The van der Waals surface area contributed by atoms with Crippen molar-refractivity contribution in [2.75, 3.05) is 12.0 Å². The molecule has 0 atom stereocenters. The van der Waals surface area contributed by atoms with Gasteiger partial charge in [0.05, 0.1) is 10.6 Å². The molecule has 0 aliphatic rings. The van der Waals surface area contributed by atoms with Gasteiger partial charge in [0.15, 0.2) is 9.84 Å². The molecule has 0 aliphatic carbocycles. The molecule has 0 aliphatic heterocycles. The minimum atomic E-state index is -3.23. The predicted octanol–water partition coefficient (Wildman–Crippen LogP) is 1.65. The van der Waals surface area contributed by atoms with Gasteiger partial charge in [-0.05, 0) is 30.3 Å². The van der Waals surface area contributed by atoms with E-state index in [-0.39, 0.29) is 11.5 Å². The standard InChI is InChI=1S/C13H14N2O3S/c1-19(16,17)12-6-3-5-11(8-12)18-9-10-4-2-7-13(14)15-10/h2-8H,9H2,1H3,(H2,14,15). The molecular weight excluding hydrogens is 264 g/mol. The first-order valence-corrected chi connectivity index (χ1v) is 7.48. The number of aromatic nitrogens is 1. The second kappa shape index (κ2) is 5.27. The van der Waals surface area contributed by atoms with Crippen molar-refractivity contribution in [3.63, 3.8) is 0 Å². The number of ether oxygens (including phenoxy) is 1. The molecule has 0 spiro atoms. The molecule has 100 valence electrons. The fraction of sp³-hybridized carbons (Fsp3) is 0.154. The van der Waals surface area contributed by atoms with Gasteiger partial charge in [0.1, 0.15) is 18.2 Å². The summed E-state index contributed by atoms with van der Waals surface area (Å²) in [5.74, 6) is 0.901. The van der Waals surface area contributed by atoms with Gasteiger partial charge in [-0.3, -0.25) is 0 Å². The lowest BCUT2D eigenvalue weighted by Gasteiger charge is -2.07. The summed E-state index contributed by atoms with van der Waals surface area (Å²) in [5, 5.41) is 0. The maximum absolute atomic E-state index is 11.4. The molecule has 0 unspecified atom stereocenters. The van der Waals surface area contributed by atoms with Crippen LogP contribution in [0.1, 0.15) is 5.69 Å². The van der Waals surface area contributed by atoms with E-state index in [1.165, 1.54) is 12.1 Å². The van der Waals surface area contributed by atoms with Crippen molar-refractivity contribution in [2.24, 2.45) is 0 Å². The maximum Gasteiger partial charge on any atom is 0.175 e. The second-order valence-electron chi connectivity index (χ2n) is 4.09. The van der Waals surface area contributed by atoms with Gasteiger partial charge in [-0.25, -0.2) is 13.4 Å². The molecule has 0 radical (unpaired) electrons.